The summed E-state index contributed by atoms with van der Waals surface area (Å²) in [6.45, 7) is 1.78. The minimum Gasteiger partial charge on any atom is -0.303 e. The first-order valence-electron chi connectivity index (χ1n) is 2.62. The lowest BCUT2D eigenvalue weighted by Gasteiger charge is -1.92. The van der Waals surface area contributed by atoms with Crippen molar-refractivity contribution in [2.75, 3.05) is 5.32 Å². The molecule has 0 amide bonds. The molecule has 1 aromatic heterocycles. The number of anilines is 1. The summed E-state index contributed by atoms with van der Waals surface area (Å²) in [4.78, 5) is 3.88. The van der Waals surface area contributed by atoms with Gasteiger partial charge in [-0.2, -0.15) is 4.98 Å². The number of hydrogen-bond donors (Lipinski definition) is 4. The van der Waals surface area contributed by atoms with Gasteiger partial charge in [-0.15, -0.1) is 17.7 Å². The molecule has 0 radical (unpaired) electrons. The highest BCUT2D eigenvalue weighted by Gasteiger charge is 1.97. The van der Waals surface area contributed by atoms with Crippen LogP contribution in [-0.4, -0.2) is 20.3 Å². The summed E-state index contributed by atoms with van der Waals surface area (Å²) in [5.74, 6) is 1.08. The Morgan fingerprint density at radius 1 is 1.80 bits per heavy atom. The maximum Gasteiger partial charge on any atom is 0.248 e. The summed E-state index contributed by atoms with van der Waals surface area (Å²) in [7, 11) is 0. The number of thiol groups is 1. The average molecular weight is 157 g/mol. The van der Waals surface area contributed by atoms with Gasteiger partial charge in [-0.05, 0) is 6.92 Å². The Morgan fingerprint density at radius 3 is 2.90 bits per heavy atom. The van der Waals surface area contributed by atoms with E-state index in [0.29, 0.717) is 11.8 Å². The lowest BCUT2D eigenvalue weighted by atomic mass is 10.7. The van der Waals surface area contributed by atoms with Crippen molar-refractivity contribution in [2.24, 2.45) is 0 Å². The summed E-state index contributed by atoms with van der Waals surface area (Å²) >= 11 is 3.70. The molecule has 0 aromatic carbocycles. The van der Waals surface area contributed by atoms with Crippen LogP contribution in [0.5, 0.6) is 0 Å². The Balaban J connectivity index is 2.67. The van der Waals surface area contributed by atoms with E-state index in [1.54, 1.807) is 6.92 Å². The van der Waals surface area contributed by atoms with Crippen molar-refractivity contribution in [3.05, 3.63) is 5.82 Å². The van der Waals surface area contributed by atoms with E-state index in [1.807, 2.05) is 0 Å². The van der Waals surface area contributed by atoms with Crippen LogP contribution in [0.25, 0.3) is 0 Å². The molecule has 0 bridgehead atoms. The van der Waals surface area contributed by atoms with E-state index in [4.69, 9.17) is 5.41 Å². The van der Waals surface area contributed by atoms with Gasteiger partial charge in [-0.25, -0.2) is 0 Å². The van der Waals surface area contributed by atoms with Crippen LogP contribution in [0.2, 0.25) is 0 Å². The number of rotatable bonds is 1. The maximum atomic E-state index is 6.90. The lowest BCUT2D eigenvalue weighted by Crippen LogP contribution is -2.03. The first-order chi connectivity index (χ1) is 4.68. The molecule has 0 aliphatic carbocycles. The van der Waals surface area contributed by atoms with Crippen molar-refractivity contribution in [1.82, 2.24) is 15.2 Å². The van der Waals surface area contributed by atoms with Crippen molar-refractivity contribution in [1.29, 1.82) is 5.41 Å². The largest absolute Gasteiger partial charge is 0.303 e. The summed E-state index contributed by atoms with van der Waals surface area (Å²) < 4.78 is 0. The highest BCUT2D eigenvalue weighted by Crippen LogP contribution is 1.96. The summed E-state index contributed by atoms with van der Waals surface area (Å²) in [6.07, 6.45) is 0. The molecule has 1 rings (SSSR count). The van der Waals surface area contributed by atoms with E-state index < -0.39 is 0 Å². The van der Waals surface area contributed by atoms with Crippen molar-refractivity contribution in [3.8, 4) is 0 Å². The third kappa shape index (κ3) is 1.73. The highest BCUT2D eigenvalue weighted by molar-refractivity contribution is 7.97. The molecule has 0 aliphatic heterocycles. The fourth-order valence-corrected chi connectivity index (χ4v) is 0.605. The summed E-state index contributed by atoms with van der Waals surface area (Å²) in [5.41, 5.74) is 0. The van der Waals surface area contributed by atoms with E-state index in [2.05, 4.69) is 33.1 Å². The van der Waals surface area contributed by atoms with E-state index in [-0.39, 0.29) is 5.17 Å². The van der Waals surface area contributed by atoms with Crippen molar-refractivity contribution in [2.45, 2.75) is 6.92 Å². The van der Waals surface area contributed by atoms with E-state index in [1.165, 1.54) is 0 Å². The van der Waals surface area contributed by atoms with Gasteiger partial charge >= 0.3 is 0 Å². The number of aryl methyl sites for hydroxylation is 1. The van der Waals surface area contributed by atoms with Crippen molar-refractivity contribution in [3.63, 3.8) is 0 Å². The summed E-state index contributed by atoms with van der Waals surface area (Å²) in [6, 6.07) is 0. The molecule has 0 saturated heterocycles. The fraction of sp³-hybridized carbons (Fsp3) is 0.250. The Hall–Kier alpha value is -1.04. The second-order valence-corrected chi connectivity index (χ2v) is 2.17. The smallest absolute Gasteiger partial charge is 0.248 e. The van der Waals surface area contributed by atoms with Gasteiger partial charge in [-0.3, -0.25) is 10.5 Å². The molecule has 3 N–H and O–H groups in total. The molecular formula is C4H7N5S. The van der Waals surface area contributed by atoms with Gasteiger partial charge in [-0.1, -0.05) is 0 Å². The quantitative estimate of drug-likeness (QED) is 0.270. The second kappa shape index (κ2) is 2.70. The zero-order valence-electron chi connectivity index (χ0n) is 5.34. The van der Waals surface area contributed by atoms with Gasteiger partial charge in [0.15, 0.2) is 5.17 Å². The van der Waals surface area contributed by atoms with Gasteiger partial charge < -0.3 is 5.32 Å². The molecule has 6 heteroatoms. The van der Waals surface area contributed by atoms with E-state index in [0.717, 1.165) is 0 Å². The van der Waals surface area contributed by atoms with Gasteiger partial charge in [0.1, 0.15) is 5.82 Å². The van der Waals surface area contributed by atoms with Crippen molar-refractivity contribution < 1.29 is 0 Å². The number of aromatic amines is 1. The lowest BCUT2D eigenvalue weighted by molar-refractivity contribution is 1.04. The Morgan fingerprint density at radius 2 is 2.50 bits per heavy atom. The SMILES string of the molecule is Cc1nc(NC(=N)S)n[nH]1. The minimum absolute atomic E-state index is 0.0269. The molecule has 0 spiro atoms. The van der Waals surface area contributed by atoms with Crippen LogP contribution < -0.4 is 5.32 Å². The number of hydrogen-bond acceptors (Lipinski definition) is 3. The number of H-pyrrole nitrogens is 1. The van der Waals surface area contributed by atoms with Gasteiger partial charge in [0.25, 0.3) is 0 Å². The van der Waals surface area contributed by atoms with Crippen LogP contribution >= 0.6 is 12.6 Å². The Bertz CT molecular complexity index is 242. The normalized spacial score (nSPS) is 9.40. The van der Waals surface area contributed by atoms with Crippen LogP contribution in [0, 0.1) is 12.3 Å². The Kier molecular flexibility index (Phi) is 1.91. The average Bonchev–Trinajstić information content (AvgIpc) is 2.13. The van der Waals surface area contributed by atoms with Gasteiger partial charge in [0, 0.05) is 0 Å². The highest BCUT2D eigenvalue weighted by atomic mass is 32.1. The molecule has 0 fully saturated rings. The predicted molar refractivity (Wildman–Crippen MR) is 41.5 cm³/mol. The fourth-order valence-electron chi connectivity index (χ4n) is 0.505. The van der Waals surface area contributed by atoms with Crippen molar-refractivity contribution >= 4 is 23.7 Å². The zero-order valence-corrected chi connectivity index (χ0v) is 6.24. The Labute approximate surface area is 63.2 Å². The molecule has 0 saturated carbocycles. The number of aromatic nitrogens is 3. The molecule has 54 valence electrons. The third-order valence-corrected chi connectivity index (χ3v) is 0.939. The number of nitrogens with zero attached hydrogens (tertiary/aromatic N) is 2. The first-order valence-corrected chi connectivity index (χ1v) is 3.07. The zero-order chi connectivity index (χ0) is 7.56. The van der Waals surface area contributed by atoms with Crippen LogP contribution in [0.4, 0.5) is 5.95 Å². The number of amidine groups is 1. The summed E-state index contributed by atoms with van der Waals surface area (Å²) in [5, 5.41) is 15.8. The van der Waals surface area contributed by atoms with Crippen LogP contribution in [0.3, 0.4) is 0 Å². The standard InChI is InChI=1S/C4H7N5S/c1-2-6-4(9-8-2)7-3(5)10/h1H3,(H4,5,6,7,8,9,10). The second-order valence-electron chi connectivity index (χ2n) is 1.72. The molecule has 1 heterocycles. The molecule has 0 atom stereocenters. The third-order valence-electron chi connectivity index (χ3n) is 0.827. The topological polar surface area (TPSA) is 77.5 Å². The molecular weight excluding hydrogens is 150 g/mol. The van der Waals surface area contributed by atoms with Gasteiger partial charge in [0.05, 0.1) is 0 Å². The van der Waals surface area contributed by atoms with E-state index in [9.17, 15) is 0 Å². The monoisotopic (exact) mass is 157 g/mol. The van der Waals surface area contributed by atoms with E-state index >= 15 is 0 Å². The van der Waals surface area contributed by atoms with Gasteiger partial charge in [0.2, 0.25) is 5.95 Å². The minimum atomic E-state index is 0.0269. The number of nitrogens with one attached hydrogen (secondary N) is 3. The molecule has 10 heavy (non-hydrogen) atoms. The molecule has 5 nitrogen and oxygen atoms in total. The predicted octanol–water partition coefficient (Wildman–Crippen LogP) is 0.390. The molecule has 1 aromatic rings. The maximum absolute atomic E-state index is 6.90. The van der Waals surface area contributed by atoms with Crippen LogP contribution in [-0.2, 0) is 0 Å². The van der Waals surface area contributed by atoms with Crippen LogP contribution in [0.15, 0.2) is 0 Å². The molecule has 0 aliphatic rings. The first kappa shape index (κ1) is 7.07. The van der Waals surface area contributed by atoms with Crippen LogP contribution in [0.1, 0.15) is 5.82 Å². The molecule has 0 unspecified atom stereocenters.